The topological polar surface area (TPSA) is 51.2 Å². The minimum atomic E-state index is -4.85. The van der Waals surface area contributed by atoms with E-state index < -0.39 is 29.6 Å². The van der Waals surface area contributed by atoms with Gasteiger partial charge in [-0.1, -0.05) is 48.4 Å². The first kappa shape index (κ1) is 25.9. The van der Waals surface area contributed by atoms with Crippen LogP contribution in [0.25, 0.3) is 0 Å². The molecule has 1 amide bonds. The number of amides is 1. The number of hydrogen-bond acceptors (Lipinski definition) is 3. The van der Waals surface area contributed by atoms with Gasteiger partial charge in [0.25, 0.3) is 0 Å². The highest BCUT2D eigenvalue weighted by Gasteiger charge is 2.45. The maximum absolute atomic E-state index is 14.8. The van der Waals surface area contributed by atoms with Gasteiger partial charge >= 0.3 is 12.5 Å². The number of hydrogen-bond donors (Lipinski definition) is 1. The molecule has 1 fully saturated rings. The van der Waals surface area contributed by atoms with Gasteiger partial charge in [-0.25, -0.2) is 4.39 Å². The van der Waals surface area contributed by atoms with Crippen molar-refractivity contribution in [1.29, 1.82) is 0 Å². The first-order chi connectivity index (χ1) is 17.1. The zero-order valence-corrected chi connectivity index (χ0v) is 19.6. The number of rotatable bonds is 9. The number of ether oxygens (including phenoxy) is 1. The summed E-state index contributed by atoms with van der Waals surface area (Å²) in [5, 5.41) is 3.27. The van der Waals surface area contributed by atoms with Gasteiger partial charge in [0.1, 0.15) is 17.1 Å². The number of carbonyl (C=O) groups is 1. The van der Waals surface area contributed by atoms with Gasteiger partial charge in [-0.15, -0.1) is 0 Å². The number of nitrogens with zero attached hydrogens (tertiary/aromatic N) is 1. The van der Waals surface area contributed by atoms with Crippen LogP contribution in [0.5, 0.6) is 5.75 Å². The van der Waals surface area contributed by atoms with E-state index in [1.165, 1.54) is 18.3 Å². The molecule has 1 N–H and O–H groups in total. The normalized spacial score (nSPS) is 15.8. The largest absolute Gasteiger partial charge is 0.461 e. The molecule has 10 heteroatoms. The minimum Gasteiger partial charge on any atom is -0.428 e. The molecular weight excluding hydrogens is 503 g/mol. The van der Waals surface area contributed by atoms with E-state index in [-0.39, 0.29) is 29.5 Å². The van der Waals surface area contributed by atoms with Crippen LogP contribution in [0, 0.1) is 11.7 Å². The summed E-state index contributed by atoms with van der Waals surface area (Å²) >= 11 is 6.02. The fourth-order valence-corrected chi connectivity index (χ4v) is 4.22. The fraction of sp³-hybridized carbons (Fsp3) is 0.308. The minimum absolute atomic E-state index is 0.00563. The molecule has 4 nitrogen and oxygen atoms in total. The van der Waals surface area contributed by atoms with Gasteiger partial charge in [0.2, 0.25) is 5.91 Å². The molecule has 0 saturated heterocycles. The van der Waals surface area contributed by atoms with Crippen molar-refractivity contribution < 1.29 is 31.5 Å². The molecule has 0 radical (unpaired) electrons. The van der Waals surface area contributed by atoms with Crippen LogP contribution in [0.2, 0.25) is 5.02 Å². The highest BCUT2D eigenvalue weighted by molar-refractivity contribution is 6.30. The van der Waals surface area contributed by atoms with Crippen LogP contribution >= 0.6 is 11.6 Å². The molecule has 0 spiro atoms. The van der Waals surface area contributed by atoms with Crippen molar-refractivity contribution in [3.63, 3.8) is 0 Å². The van der Waals surface area contributed by atoms with Crippen LogP contribution in [0.1, 0.15) is 36.1 Å². The van der Waals surface area contributed by atoms with Crippen molar-refractivity contribution in [3.8, 4) is 5.75 Å². The number of pyridine rings is 1. The van der Waals surface area contributed by atoms with Gasteiger partial charge in [0, 0.05) is 24.6 Å². The van der Waals surface area contributed by atoms with E-state index in [0.29, 0.717) is 29.5 Å². The quantitative estimate of drug-likeness (QED) is 0.325. The SMILES string of the molecule is O=C(NC(Cc1ccccc1)(c1cc(F)cc(OC(F)(F)C(F)F)c1)c1ccc(Cl)cn1)C1CCC1. The molecule has 3 aromatic rings. The summed E-state index contributed by atoms with van der Waals surface area (Å²) in [7, 11) is 0. The van der Waals surface area contributed by atoms with Crippen molar-refractivity contribution in [1.82, 2.24) is 10.3 Å². The molecule has 0 aliphatic heterocycles. The zero-order valence-electron chi connectivity index (χ0n) is 18.9. The van der Waals surface area contributed by atoms with E-state index in [4.69, 9.17) is 11.6 Å². The summed E-state index contributed by atoms with van der Waals surface area (Å²) in [6, 6.07) is 14.6. The lowest BCUT2D eigenvalue weighted by Crippen LogP contribution is -2.52. The van der Waals surface area contributed by atoms with Gasteiger partial charge in [-0.05, 0) is 48.2 Å². The molecule has 1 atom stereocenters. The summed E-state index contributed by atoms with van der Waals surface area (Å²) in [6.07, 6.45) is -5.37. The highest BCUT2D eigenvalue weighted by Crippen LogP contribution is 2.38. The predicted octanol–water partition coefficient (Wildman–Crippen LogP) is 6.51. The summed E-state index contributed by atoms with van der Waals surface area (Å²) in [6.45, 7) is 0. The Bertz CT molecular complexity index is 1210. The van der Waals surface area contributed by atoms with Crippen molar-refractivity contribution in [2.75, 3.05) is 0 Å². The van der Waals surface area contributed by atoms with E-state index in [2.05, 4.69) is 15.0 Å². The molecule has 1 aromatic heterocycles. The van der Waals surface area contributed by atoms with Gasteiger partial charge in [-0.2, -0.15) is 17.6 Å². The molecular formula is C26H22ClF5N2O2. The van der Waals surface area contributed by atoms with Crippen LogP contribution in [0.4, 0.5) is 22.0 Å². The van der Waals surface area contributed by atoms with Crippen molar-refractivity contribution in [2.45, 2.75) is 43.8 Å². The standard InChI is InChI=1S/C26H22ClF5N2O2/c27-19-9-10-22(33-15-19)25(14-16-5-2-1-3-6-16,34-23(35)17-7-4-8-17)18-11-20(28)13-21(12-18)36-26(31,32)24(29)30/h1-3,5-6,9-13,15,17,24H,4,7-8,14H2,(H,34,35). The summed E-state index contributed by atoms with van der Waals surface area (Å²) in [4.78, 5) is 17.6. The monoisotopic (exact) mass is 524 g/mol. The Morgan fingerprint density at radius 2 is 1.83 bits per heavy atom. The van der Waals surface area contributed by atoms with Crippen LogP contribution < -0.4 is 10.1 Å². The molecule has 1 aliphatic rings. The third kappa shape index (κ3) is 5.61. The lowest BCUT2D eigenvalue weighted by Gasteiger charge is -2.38. The second kappa shape index (κ2) is 10.4. The molecule has 4 rings (SSSR count). The van der Waals surface area contributed by atoms with E-state index in [9.17, 15) is 26.7 Å². The lowest BCUT2D eigenvalue weighted by atomic mass is 9.78. The smallest absolute Gasteiger partial charge is 0.428 e. The number of aromatic nitrogens is 1. The maximum Gasteiger partial charge on any atom is 0.461 e. The summed E-state index contributed by atoms with van der Waals surface area (Å²) < 4.78 is 71.9. The number of alkyl halides is 4. The Labute approximate surface area is 209 Å². The second-order valence-electron chi connectivity index (χ2n) is 8.69. The lowest BCUT2D eigenvalue weighted by molar-refractivity contribution is -0.253. The van der Waals surface area contributed by atoms with Gasteiger partial charge in [0.15, 0.2) is 0 Å². The second-order valence-corrected chi connectivity index (χ2v) is 9.12. The number of nitrogens with one attached hydrogen (secondary N) is 1. The van der Waals surface area contributed by atoms with Crippen molar-refractivity contribution in [3.05, 3.63) is 94.5 Å². The van der Waals surface area contributed by atoms with Gasteiger partial charge < -0.3 is 10.1 Å². The third-order valence-corrected chi connectivity index (χ3v) is 6.38. The first-order valence-corrected chi connectivity index (χ1v) is 11.6. The van der Waals surface area contributed by atoms with E-state index in [1.807, 2.05) is 0 Å². The highest BCUT2D eigenvalue weighted by atomic mass is 35.5. The predicted molar refractivity (Wildman–Crippen MR) is 124 cm³/mol. The Morgan fingerprint density at radius 3 is 2.42 bits per heavy atom. The number of benzene rings is 2. The third-order valence-electron chi connectivity index (χ3n) is 6.16. The molecule has 36 heavy (non-hydrogen) atoms. The Hall–Kier alpha value is -3.20. The van der Waals surface area contributed by atoms with E-state index in [0.717, 1.165) is 18.6 Å². The summed E-state index contributed by atoms with van der Waals surface area (Å²) in [5.41, 5.74) is -0.596. The maximum atomic E-state index is 14.8. The van der Waals surface area contributed by atoms with Gasteiger partial charge in [-0.3, -0.25) is 9.78 Å². The van der Waals surface area contributed by atoms with E-state index >= 15 is 0 Å². The Kier molecular flexibility index (Phi) is 7.49. The first-order valence-electron chi connectivity index (χ1n) is 11.2. The zero-order chi connectivity index (χ0) is 25.9. The summed E-state index contributed by atoms with van der Waals surface area (Å²) in [5.74, 6) is -2.44. The molecule has 1 aliphatic carbocycles. The fourth-order valence-electron chi connectivity index (χ4n) is 4.10. The van der Waals surface area contributed by atoms with Crippen molar-refractivity contribution >= 4 is 17.5 Å². The molecule has 190 valence electrons. The van der Waals surface area contributed by atoms with E-state index in [1.54, 1.807) is 30.3 Å². The number of carbonyl (C=O) groups excluding carboxylic acids is 1. The Balaban J connectivity index is 1.89. The van der Waals surface area contributed by atoms with Crippen LogP contribution in [-0.4, -0.2) is 23.4 Å². The Morgan fingerprint density at radius 1 is 1.11 bits per heavy atom. The molecule has 1 unspecified atom stereocenters. The molecule has 2 aromatic carbocycles. The van der Waals surface area contributed by atoms with Crippen molar-refractivity contribution in [2.24, 2.45) is 5.92 Å². The van der Waals surface area contributed by atoms with Gasteiger partial charge in [0.05, 0.1) is 10.7 Å². The molecule has 0 bridgehead atoms. The molecule has 1 heterocycles. The molecule has 1 saturated carbocycles. The average molecular weight is 525 g/mol. The average Bonchev–Trinajstić information content (AvgIpc) is 2.77. The van der Waals surface area contributed by atoms with Crippen LogP contribution in [-0.2, 0) is 16.8 Å². The van der Waals surface area contributed by atoms with Crippen LogP contribution in [0.3, 0.4) is 0 Å². The van der Waals surface area contributed by atoms with Crippen LogP contribution in [0.15, 0.2) is 66.9 Å². The number of halogens is 6.